The molecule has 0 radical (unpaired) electrons. The molecule has 0 bridgehead atoms. The standard InChI is InChI=1S/C13H19OP/c1-10(2)15(11(3)4)13-7-5-12(9-14)6-8-13/h5-11H,1-4H3. The molecular weight excluding hydrogens is 203 g/mol. The van der Waals surface area contributed by atoms with Crippen LogP contribution in [0.2, 0.25) is 0 Å². The molecule has 0 unspecified atom stereocenters. The number of hydrogen-bond donors (Lipinski definition) is 0. The van der Waals surface area contributed by atoms with E-state index < -0.39 is 0 Å². The van der Waals surface area contributed by atoms with Gasteiger partial charge in [-0.15, -0.1) is 0 Å². The second-order valence-electron chi connectivity index (χ2n) is 4.30. The number of hydrogen-bond acceptors (Lipinski definition) is 1. The zero-order valence-corrected chi connectivity index (χ0v) is 10.8. The molecule has 0 fully saturated rings. The van der Waals surface area contributed by atoms with Crippen LogP contribution in [-0.2, 0) is 0 Å². The lowest BCUT2D eigenvalue weighted by Crippen LogP contribution is -2.14. The van der Waals surface area contributed by atoms with Crippen LogP contribution in [0, 0.1) is 0 Å². The third-order valence-corrected chi connectivity index (χ3v) is 5.56. The lowest BCUT2D eigenvalue weighted by atomic mass is 10.2. The van der Waals surface area contributed by atoms with Crippen molar-refractivity contribution in [2.45, 2.75) is 39.0 Å². The summed E-state index contributed by atoms with van der Waals surface area (Å²) in [6.07, 6.45) is 0.900. The molecule has 0 saturated carbocycles. The minimum absolute atomic E-state index is 0.107. The molecule has 1 aromatic carbocycles. The van der Waals surface area contributed by atoms with Crippen LogP contribution < -0.4 is 5.30 Å². The molecule has 0 N–H and O–H groups in total. The molecule has 0 amide bonds. The third-order valence-electron chi connectivity index (χ3n) is 2.44. The van der Waals surface area contributed by atoms with E-state index in [0.717, 1.165) is 11.8 Å². The summed E-state index contributed by atoms with van der Waals surface area (Å²) in [5.74, 6) is 0. The van der Waals surface area contributed by atoms with Crippen molar-refractivity contribution in [3.8, 4) is 0 Å². The fourth-order valence-electron chi connectivity index (χ4n) is 1.92. The minimum Gasteiger partial charge on any atom is -0.298 e. The first-order chi connectivity index (χ1) is 7.06. The van der Waals surface area contributed by atoms with Crippen LogP contribution >= 0.6 is 7.92 Å². The average molecular weight is 222 g/mol. The first kappa shape index (κ1) is 12.4. The van der Waals surface area contributed by atoms with E-state index in [9.17, 15) is 4.79 Å². The highest BCUT2D eigenvalue weighted by molar-refractivity contribution is 7.66. The van der Waals surface area contributed by atoms with Gasteiger partial charge in [-0.05, 0) is 16.6 Å². The fourth-order valence-corrected chi connectivity index (χ4v) is 4.80. The predicted octanol–water partition coefficient (Wildman–Crippen LogP) is 3.42. The predicted molar refractivity (Wildman–Crippen MR) is 68.7 cm³/mol. The molecule has 1 aromatic rings. The zero-order valence-electron chi connectivity index (χ0n) is 9.90. The lowest BCUT2D eigenvalue weighted by molar-refractivity contribution is 0.112. The molecule has 0 saturated heterocycles. The number of benzene rings is 1. The van der Waals surface area contributed by atoms with Crippen molar-refractivity contribution < 1.29 is 4.79 Å². The van der Waals surface area contributed by atoms with E-state index in [1.54, 1.807) is 0 Å². The second kappa shape index (κ2) is 5.42. The molecule has 0 atom stereocenters. The van der Waals surface area contributed by atoms with Gasteiger partial charge in [-0.1, -0.05) is 59.9 Å². The number of carbonyl (C=O) groups is 1. The molecule has 1 rings (SSSR count). The molecule has 0 spiro atoms. The summed E-state index contributed by atoms with van der Waals surface area (Å²) in [7, 11) is -0.107. The first-order valence-electron chi connectivity index (χ1n) is 5.40. The Bertz CT molecular complexity index is 306. The SMILES string of the molecule is CC(C)P(c1ccc(C=O)cc1)C(C)C. The third kappa shape index (κ3) is 3.14. The molecular formula is C13H19OP. The van der Waals surface area contributed by atoms with Crippen LogP contribution in [0.3, 0.4) is 0 Å². The van der Waals surface area contributed by atoms with Crippen molar-refractivity contribution in [3.05, 3.63) is 29.8 Å². The Hall–Kier alpha value is -0.680. The highest BCUT2D eigenvalue weighted by Gasteiger charge is 2.18. The molecule has 2 heteroatoms. The van der Waals surface area contributed by atoms with E-state index in [4.69, 9.17) is 0 Å². The van der Waals surface area contributed by atoms with Crippen molar-refractivity contribution >= 4 is 19.5 Å². The van der Waals surface area contributed by atoms with E-state index in [2.05, 4.69) is 39.8 Å². The van der Waals surface area contributed by atoms with Gasteiger partial charge in [-0.3, -0.25) is 4.79 Å². The normalized spacial score (nSPS) is 11.4. The highest BCUT2D eigenvalue weighted by atomic mass is 31.1. The smallest absolute Gasteiger partial charge is 0.150 e. The van der Waals surface area contributed by atoms with Crippen molar-refractivity contribution in [2.75, 3.05) is 0 Å². The Kier molecular flexibility index (Phi) is 4.47. The van der Waals surface area contributed by atoms with Crippen LogP contribution in [0.4, 0.5) is 0 Å². The van der Waals surface area contributed by atoms with Crippen molar-refractivity contribution in [1.29, 1.82) is 0 Å². The Morgan fingerprint density at radius 3 is 1.80 bits per heavy atom. The van der Waals surface area contributed by atoms with Gasteiger partial charge in [0.2, 0.25) is 0 Å². The number of carbonyl (C=O) groups excluding carboxylic acids is 1. The van der Waals surface area contributed by atoms with E-state index in [1.807, 2.05) is 12.1 Å². The van der Waals surface area contributed by atoms with Gasteiger partial charge in [-0.2, -0.15) is 0 Å². The molecule has 1 nitrogen and oxygen atoms in total. The van der Waals surface area contributed by atoms with Crippen LogP contribution in [0.1, 0.15) is 38.1 Å². The maximum Gasteiger partial charge on any atom is 0.150 e. The van der Waals surface area contributed by atoms with Crippen molar-refractivity contribution in [3.63, 3.8) is 0 Å². The van der Waals surface area contributed by atoms with Crippen molar-refractivity contribution in [2.24, 2.45) is 0 Å². The first-order valence-corrected chi connectivity index (χ1v) is 6.88. The van der Waals surface area contributed by atoms with Gasteiger partial charge in [0, 0.05) is 5.56 Å². The maximum absolute atomic E-state index is 10.6. The Balaban J connectivity index is 2.96. The van der Waals surface area contributed by atoms with Gasteiger partial charge in [0.05, 0.1) is 0 Å². The Morgan fingerprint density at radius 1 is 1.00 bits per heavy atom. The summed E-state index contributed by atoms with van der Waals surface area (Å²) >= 11 is 0. The summed E-state index contributed by atoms with van der Waals surface area (Å²) in [5, 5.41) is 1.40. The van der Waals surface area contributed by atoms with E-state index in [-0.39, 0.29) is 7.92 Å². The van der Waals surface area contributed by atoms with Gasteiger partial charge < -0.3 is 0 Å². The summed E-state index contributed by atoms with van der Waals surface area (Å²) in [6, 6.07) is 8.05. The average Bonchev–Trinajstić information content (AvgIpc) is 2.18. The Morgan fingerprint density at radius 2 is 1.47 bits per heavy atom. The molecule has 0 aliphatic carbocycles. The van der Waals surface area contributed by atoms with Gasteiger partial charge >= 0.3 is 0 Å². The summed E-state index contributed by atoms with van der Waals surface area (Å²) < 4.78 is 0. The van der Waals surface area contributed by atoms with Gasteiger partial charge in [0.25, 0.3) is 0 Å². The molecule has 0 aliphatic heterocycles. The fraction of sp³-hybridized carbons (Fsp3) is 0.462. The largest absolute Gasteiger partial charge is 0.298 e. The number of rotatable bonds is 4. The monoisotopic (exact) mass is 222 g/mol. The van der Waals surface area contributed by atoms with Crippen molar-refractivity contribution in [1.82, 2.24) is 0 Å². The summed E-state index contributed by atoms with van der Waals surface area (Å²) in [6.45, 7) is 9.11. The quantitative estimate of drug-likeness (QED) is 0.563. The highest BCUT2D eigenvalue weighted by Crippen LogP contribution is 2.44. The second-order valence-corrected chi connectivity index (χ2v) is 7.70. The van der Waals surface area contributed by atoms with Crippen LogP contribution in [0.25, 0.3) is 0 Å². The zero-order chi connectivity index (χ0) is 11.4. The van der Waals surface area contributed by atoms with Crippen LogP contribution in [0.5, 0.6) is 0 Å². The van der Waals surface area contributed by atoms with Gasteiger partial charge in [-0.25, -0.2) is 0 Å². The number of aldehydes is 1. The lowest BCUT2D eigenvalue weighted by Gasteiger charge is -2.26. The molecule has 0 heterocycles. The molecule has 0 aromatic heterocycles. The summed E-state index contributed by atoms with van der Waals surface area (Å²) in [4.78, 5) is 10.6. The molecule has 0 aliphatic rings. The van der Waals surface area contributed by atoms with Gasteiger partial charge in [0.1, 0.15) is 6.29 Å². The summed E-state index contributed by atoms with van der Waals surface area (Å²) in [5.41, 5.74) is 2.16. The van der Waals surface area contributed by atoms with Crippen LogP contribution in [-0.4, -0.2) is 17.6 Å². The maximum atomic E-state index is 10.6. The van der Waals surface area contributed by atoms with E-state index >= 15 is 0 Å². The van der Waals surface area contributed by atoms with Crippen LogP contribution in [0.15, 0.2) is 24.3 Å². The topological polar surface area (TPSA) is 17.1 Å². The van der Waals surface area contributed by atoms with E-state index in [1.165, 1.54) is 5.30 Å². The molecule has 15 heavy (non-hydrogen) atoms. The van der Waals surface area contributed by atoms with Gasteiger partial charge in [0.15, 0.2) is 0 Å². The minimum atomic E-state index is -0.107. The Labute approximate surface area is 93.6 Å². The molecule has 82 valence electrons. The van der Waals surface area contributed by atoms with E-state index in [0.29, 0.717) is 11.3 Å².